The van der Waals surface area contributed by atoms with Gasteiger partial charge in [0, 0.05) is 45.9 Å². The molecule has 0 radical (unpaired) electrons. The van der Waals surface area contributed by atoms with Crippen molar-refractivity contribution in [3.05, 3.63) is 42.0 Å². The Morgan fingerprint density at radius 2 is 1.89 bits per heavy atom. The van der Waals surface area contributed by atoms with Crippen LogP contribution < -0.4 is 0 Å². The Bertz CT molecular complexity index is 986. The summed E-state index contributed by atoms with van der Waals surface area (Å²) in [5.74, 6) is -0.633. The van der Waals surface area contributed by atoms with Crippen LogP contribution in [0.1, 0.15) is 37.7 Å². The molecule has 2 fully saturated rings. The number of nitrogens with zero attached hydrogens (tertiary/aromatic N) is 2. The Hall–Kier alpha value is -2.11. The molecule has 35 heavy (non-hydrogen) atoms. The molecule has 1 aromatic carbocycles. The molecule has 1 N–H and O–H groups in total. The summed E-state index contributed by atoms with van der Waals surface area (Å²) in [6.45, 7) is 2.92. The van der Waals surface area contributed by atoms with Gasteiger partial charge >= 0.3 is 5.97 Å². The zero-order chi connectivity index (χ0) is 25.4. The standard InChI is InChI=1S/C25H36N2O7S/c1-26(2)35(31,32)20-11-9-19(10-12-20)18-34-23-17-22(28)25(27-13-15-33-16-14-27)21(23)7-5-3-4-6-8-24(29)30/h3,5,9-12,21,23,25H,4,6-8,13-18H2,1-2H3,(H,29,30)/t21-,23-,25+/m0/s1. The Morgan fingerprint density at radius 1 is 1.20 bits per heavy atom. The minimum absolute atomic E-state index is 0.00952. The van der Waals surface area contributed by atoms with E-state index in [2.05, 4.69) is 4.90 Å². The van der Waals surface area contributed by atoms with Crippen LogP contribution in [0.25, 0.3) is 0 Å². The number of ether oxygens (including phenoxy) is 2. The number of Topliss-reactive ketones (excluding diaryl/α,β-unsaturated/α-hetero) is 1. The predicted octanol–water partition coefficient (Wildman–Crippen LogP) is 2.31. The molecule has 10 heteroatoms. The number of carbonyl (C=O) groups excluding carboxylic acids is 1. The number of carboxylic acid groups (broad SMARTS) is 1. The average molecular weight is 509 g/mol. The molecule has 2 aliphatic rings. The van der Waals surface area contributed by atoms with Gasteiger partial charge in [-0.15, -0.1) is 0 Å². The molecule has 1 saturated carbocycles. The van der Waals surface area contributed by atoms with Gasteiger partial charge in [-0.05, 0) is 37.0 Å². The van der Waals surface area contributed by atoms with Crippen LogP contribution in [0.4, 0.5) is 0 Å². The van der Waals surface area contributed by atoms with E-state index in [1.807, 2.05) is 12.2 Å². The molecule has 0 bridgehead atoms. The van der Waals surface area contributed by atoms with Gasteiger partial charge in [-0.2, -0.15) is 0 Å². The number of benzene rings is 1. The molecule has 1 saturated heterocycles. The Labute approximate surface area is 207 Å². The van der Waals surface area contributed by atoms with Gasteiger partial charge in [-0.3, -0.25) is 14.5 Å². The number of morpholine rings is 1. The zero-order valence-electron chi connectivity index (χ0n) is 20.5. The van der Waals surface area contributed by atoms with Gasteiger partial charge in [0.05, 0.1) is 36.9 Å². The number of unbranched alkanes of at least 4 members (excludes halogenated alkanes) is 1. The van der Waals surface area contributed by atoms with Crippen molar-refractivity contribution >= 4 is 21.8 Å². The number of hydrogen-bond acceptors (Lipinski definition) is 7. The predicted molar refractivity (Wildman–Crippen MR) is 130 cm³/mol. The summed E-state index contributed by atoms with van der Waals surface area (Å²) >= 11 is 0. The van der Waals surface area contributed by atoms with E-state index in [-0.39, 0.29) is 41.8 Å². The van der Waals surface area contributed by atoms with Crippen LogP contribution in [-0.2, 0) is 35.7 Å². The molecule has 1 aliphatic carbocycles. The lowest BCUT2D eigenvalue weighted by Crippen LogP contribution is -2.49. The molecular formula is C25H36N2O7S. The van der Waals surface area contributed by atoms with Crippen LogP contribution in [-0.4, -0.2) is 87.0 Å². The van der Waals surface area contributed by atoms with Crippen molar-refractivity contribution in [3.63, 3.8) is 0 Å². The molecule has 0 aromatic heterocycles. The summed E-state index contributed by atoms with van der Waals surface area (Å²) in [4.78, 5) is 26.1. The van der Waals surface area contributed by atoms with Crippen molar-refractivity contribution in [2.24, 2.45) is 5.92 Å². The van der Waals surface area contributed by atoms with E-state index >= 15 is 0 Å². The fourth-order valence-electron chi connectivity index (χ4n) is 4.62. The number of rotatable bonds is 12. The molecule has 3 rings (SSSR count). The number of hydrogen-bond donors (Lipinski definition) is 1. The van der Waals surface area contributed by atoms with Crippen LogP contribution in [0.5, 0.6) is 0 Å². The summed E-state index contributed by atoms with van der Waals surface area (Å²) in [6, 6.07) is 6.40. The molecule has 0 unspecified atom stereocenters. The number of ketones is 1. The van der Waals surface area contributed by atoms with Crippen molar-refractivity contribution in [3.8, 4) is 0 Å². The first kappa shape index (κ1) is 27.5. The van der Waals surface area contributed by atoms with Crippen LogP contribution >= 0.6 is 0 Å². The molecule has 9 nitrogen and oxygen atoms in total. The molecular weight excluding hydrogens is 472 g/mol. The Balaban J connectivity index is 1.65. The second kappa shape index (κ2) is 12.7. The Morgan fingerprint density at radius 3 is 2.51 bits per heavy atom. The van der Waals surface area contributed by atoms with E-state index in [9.17, 15) is 18.0 Å². The normalized spacial score (nSPS) is 24.0. The van der Waals surface area contributed by atoms with Crippen LogP contribution in [0.2, 0.25) is 0 Å². The van der Waals surface area contributed by atoms with Gasteiger partial charge < -0.3 is 14.6 Å². The average Bonchev–Trinajstić information content (AvgIpc) is 3.15. The van der Waals surface area contributed by atoms with Crippen molar-refractivity contribution in [2.75, 3.05) is 40.4 Å². The van der Waals surface area contributed by atoms with Crippen LogP contribution in [0.15, 0.2) is 41.3 Å². The lowest BCUT2D eigenvalue weighted by atomic mass is 9.95. The summed E-state index contributed by atoms with van der Waals surface area (Å²) in [5, 5.41) is 8.79. The third-order valence-electron chi connectivity index (χ3n) is 6.56. The number of carbonyl (C=O) groups is 2. The van der Waals surface area contributed by atoms with Gasteiger partial charge in [-0.25, -0.2) is 12.7 Å². The highest BCUT2D eigenvalue weighted by molar-refractivity contribution is 7.89. The van der Waals surface area contributed by atoms with Crippen molar-refractivity contribution in [2.45, 2.75) is 55.8 Å². The molecule has 194 valence electrons. The van der Waals surface area contributed by atoms with E-state index in [1.54, 1.807) is 24.3 Å². The van der Waals surface area contributed by atoms with Gasteiger partial charge in [0.25, 0.3) is 0 Å². The summed E-state index contributed by atoms with van der Waals surface area (Å²) < 4.78 is 37.4. The van der Waals surface area contributed by atoms with Gasteiger partial charge in [0.15, 0.2) is 5.78 Å². The monoisotopic (exact) mass is 508 g/mol. The van der Waals surface area contributed by atoms with Gasteiger partial charge in [-0.1, -0.05) is 24.3 Å². The van der Waals surface area contributed by atoms with Crippen molar-refractivity contribution in [1.82, 2.24) is 9.21 Å². The van der Waals surface area contributed by atoms with Gasteiger partial charge in [0.1, 0.15) is 0 Å². The molecule has 1 heterocycles. The second-order valence-electron chi connectivity index (χ2n) is 9.20. The highest BCUT2D eigenvalue weighted by Crippen LogP contribution is 2.34. The number of aliphatic carboxylic acids is 1. The maximum absolute atomic E-state index is 13.0. The van der Waals surface area contributed by atoms with Crippen molar-refractivity contribution < 1.29 is 32.6 Å². The first-order chi connectivity index (χ1) is 16.7. The third kappa shape index (κ3) is 7.44. The Kier molecular flexibility index (Phi) is 9.99. The highest BCUT2D eigenvalue weighted by atomic mass is 32.2. The number of sulfonamides is 1. The molecule has 0 amide bonds. The second-order valence-corrected chi connectivity index (χ2v) is 11.4. The van der Waals surface area contributed by atoms with E-state index in [0.717, 1.165) is 5.56 Å². The zero-order valence-corrected chi connectivity index (χ0v) is 21.3. The lowest BCUT2D eigenvalue weighted by molar-refractivity contribution is -0.137. The van der Waals surface area contributed by atoms with E-state index in [1.165, 1.54) is 18.4 Å². The summed E-state index contributed by atoms with van der Waals surface area (Å²) in [7, 11) is -0.500. The minimum atomic E-state index is -3.49. The quantitative estimate of drug-likeness (QED) is 0.338. The SMILES string of the molecule is CN(C)S(=O)(=O)c1ccc(CO[C@H]2CC(=O)[C@H](N3CCOCC3)[C@H]2CC=CCCCC(=O)O)cc1. The van der Waals surface area contributed by atoms with E-state index in [4.69, 9.17) is 14.6 Å². The maximum atomic E-state index is 13.0. The lowest BCUT2D eigenvalue weighted by Gasteiger charge is -2.35. The summed E-state index contributed by atoms with van der Waals surface area (Å²) in [6.07, 6.45) is 6.20. The maximum Gasteiger partial charge on any atom is 0.303 e. The fourth-order valence-corrected chi connectivity index (χ4v) is 5.52. The molecule has 1 aromatic rings. The van der Waals surface area contributed by atoms with Crippen LogP contribution in [0.3, 0.4) is 0 Å². The first-order valence-corrected chi connectivity index (χ1v) is 13.5. The first-order valence-electron chi connectivity index (χ1n) is 12.0. The molecule has 0 spiro atoms. The van der Waals surface area contributed by atoms with Crippen molar-refractivity contribution in [1.29, 1.82) is 0 Å². The smallest absolute Gasteiger partial charge is 0.303 e. The van der Waals surface area contributed by atoms with E-state index < -0.39 is 16.0 Å². The highest BCUT2D eigenvalue weighted by Gasteiger charge is 2.45. The minimum Gasteiger partial charge on any atom is -0.481 e. The molecule has 1 aliphatic heterocycles. The van der Waals surface area contributed by atoms with E-state index in [0.29, 0.717) is 52.0 Å². The topological polar surface area (TPSA) is 113 Å². The van der Waals surface area contributed by atoms with Gasteiger partial charge in [0.2, 0.25) is 10.0 Å². The summed E-state index contributed by atoms with van der Waals surface area (Å²) in [5.41, 5.74) is 0.841. The third-order valence-corrected chi connectivity index (χ3v) is 8.39. The molecule has 3 atom stereocenters. The largest absolute Gasteiger partial charge is 0.481 e. The number of allylic oxidation sites excluding steroid dienone is 2. The number of carboxylic acids is 1. The van der Waals surface area contributed by atoms with Crippen LogP contribution in [0, 0.1) is 5.92 Å². The fraction of sp³-hybridized carbons (Fsp3) is 0.600.